The molecule has 0 unspecified atom stereocenters. The van der Waals surface area contributed by atoms with Gasteiger partial charge in [-0.25, -0.2) is 9.97 Å². The molecule has 0 aliphatic heterocycles. The van der Waals surface area contributed by atoms with Gasteiger partial charge in [-0.15, -0.1) is 0 Å². The first-order valence-electron chi connectivity index (χ1n) is 6.40. The molecule has 2 aromatic heterocycles. The minimum absolute atomic E-state index is 0.401. The molecule has 0 radical (unpaired) electrons. The van der Waals surface area contributed by atoms with Gasteiger partial charge in [0.05, 0.1) is 6.54 Å². The lowest BCUT2D eigenvalue weighted by molar-refractivity contribution is 0.383. The SMILES string of the molecule is CN(C)c1noc(CNc2cc(Cl)nc(C3CC3)n2)n1. The maximum Gasteiger partial charge on any atom is 0.265 e. The molecule has 2 heterocycles. The van der Waals surface area contributed by atoms with Crippen molar-refractivity contribution in [2.24, 2.45) is 0 Å². The molecule has 2 aromatic rings. The highest BCUT2D eigenvalue weighted by atomic mass is 35.5. The second kappa shape index (κ2) is 5.24. The van der Waals surface area contributed by atoms with Gasteiger partial charge in [-0.05, 0) is 18.0 Å². The summed E-state index contributed by atoms with van der Waals surface area (Å²) in [5.74, 6) is 2.98. The predicted molar refractivity (Wildman–Crippen MR) is 75.0 cm³/mol. The van der Waals surface area contributed by atoms with E-state index in [0.29, 0.717) is 35.3 Å². The van der Waals surface area contributed by atoms with Crippen LogP contribution in [0.2, 0.25) is 5.15 Å². The van der Waals surface area contributed by atoms with Crippen molar-refractivity contribution in [1.29, 1.82) is 0 Å². The van der Waals surface area contributed by atoms with Gasteiger partial charge in [0.2, 0.25) is 5.89 Å². The van der Waals surface area contributed by atoms with Crippen LogP contribution in [-0.4, -0.2) is 34.2 Å². The van der Waals surface area contributed by atoms with Crippen LogP contribution < -0.4 is 10.2 Å². The zero-order chi connectivity index (χ0) is 14.1. The number of nitrogens with zero attached hydrogens (tertiary/aromatic N) is 5. The molecule has 1 N–H and O–H groups in total. The number of hydrogen-bond acceptors (Lipinski definition) is 7. The lowest BCUT2D eigenvalue weighted by Crippen LogP contribution is -2.10. The molecular formula is C12H15ClN6O. The zero-order valence-electron chi connectivity index (χ0n) is 11.3. The van der Waals surface area contributed by atoms with Crippen molar-refractivity contribution in [2.45, 2.75) is 25.3 Å². The van der Waals surface area contributed by atoms with E-state index in [1.54, 1.807) is 11.0 Å². The Bertz CT molecular complexity index is 610. The van der Waals surface area contributed by atoms with Gasteiger partial charge in [0.15, 0.2) is 0 Å². The molecule has 20 heavy (non-hydrogen) atoms. The summed E-state index contributed by atoms with van der Waals surface area (Å²) in [7, 11) is 3.71. The van der Waals surface area contributed by atoms with E-state index in [1.807, 2.05) is 14.1 Å². The maximum atomic E-state index is 6.00. The van der Waals surface area contributed by atoms with Gasteiger partial charge in [-0.3, -0.25) is 0 Å². The lowest BCUT2D eigenvalue weighted by atomic mass is 10.4. The standard InChI is InChI=1S/C12H15ClN6O/c1-19(2)12-17-10(20-18-12)6-14-9-5-8(13)15-11(16-9)7-3-4-7/h5,7H,3-4,6H2,1-2H3,(H,14,15,16). The van der Waals surface area contributed by atoms with Gasteiger partial charge in [-0.2, -0.15) is 4.98 Å². The molecule has 0 bridgehead atoms. The smallest absolute Gasteiger partial charge is 0.265 e. The highest BCUT2D eigenvalue weighted by molar-refractivity contribution is 6.29. The van der Waals surface area contributed by atoms with Crippen LogP contribution in [0.15, 0.2) is 10.6 Å². The van der Waals surface area contributed by atoms with Gasteiger partial charge in [0, 0.05) is 26.1 Å². The summed E-state index contributed by atoms with van der Waals surface area (Å²) in [4.78, 5) is 14.7. The Kier molecular flexibility index (Phi) is 3.43. The normalized spacial score (nSPS) is 14.3. The van der Waals surface area contributed by atoms with Crippen molar-refractivity contribution < 1.29 is 4.52 Å². The second-order valence-corrected chi connectivity index (χ2v) is 5.33. The summed E-state index contributed by atoms with van der Waals surface area (Å²) in [6, 6.07) is 1.69. The lowest BCUT2D eigenvalue weighted by Gasteiger charge is -2.05. The fourth-order valence-electron chi connectivity index (χ4n) is 1.72. The molecule has 1 saturated carbocycles. The fourth-order valence-corrected chi connectivity index (χ4v) is 1.91. The van der Waals surface area contributed by atoms with Crippen LogP contribution in [0.3, 0.4) is 0 Å². The molecule has 7 nitrogen and oxygen atoms in total. The molecule has 8 heteroatoms. The quantitative estimate of drug-likeness (QED) is 0.845. The molecule has 1 aliphatic carbocycles. The molecule has 0 amide bonds. The van der Waals surface area contributed by atoms with Gasteiger partial charge < -0.3 is 14.7 Å². The van der Waals surface area contributed by atoms with Gasteiger partial charge >= 0.3 is 0 Å². The molecule has 0 atom stereocenters. The van der Waals surface area contributed by atoms with Crippen molar-refractivity contribution >= 4 is 23.4 Å². The van der Waals surface area contributed by atoms with Crippen LogP contribution in [0.25, 0.3) is 0 Å². The number of aromatic nitrogens is 4. The van der Waals surface area contributed by atoms with Crippen molar-refractivity contribution in [3.63, 3.8) is 0 Å². The van der Waals surface area contributed by atoms with E-state index in [4.69, 9.17) is 16.1 Å². The average molecular weight is 295 g/mol. The molecule has 106 valence electrons. The first kappa shape index (κ1) is 13.1. The van der Waals surface area contributed by atoms with Crippen LogP contribution >= 0.6 is 11.6 Å². The van der Waals surface area contributed by atoms with E-state index in [-0.39, 0.29) is 0 Å². The topological polar surface area (TPSA) is 80.0 Å². The number of hydrogen-bond donors (Lipinski definition) is 1. The Morgan fingerprint density at radius 3 is 2.80 bits per heavy atom. The monoisotopic (exact) mass is 294 g/mol. The predicted octanol–water partition coefficient (Wildman–Crippen LogP) is 2.07. The van der Waals surface area contributed by atoms with Crippen LogP contribution in [0, 0.1) is 0 Å². The van der Waals surface area contributed by atoms with E-state index in [9.17, 15) is 0 Å². The molecule has 1 fully saturated rings. The highest BCUT2D eigenvalue weighted by Gasteiger charge is 2.27. The number of rotatable bonds is 5. The maximum absolute atomic E-state index is 6.00. The molecule has 0 spiro atoms. The fraction of sp³-hybridized carbons (Fsp3) is 0.500. The van der Waals surface area contributed by atoms with Crippen molar-refractivity contribution in [1.82, 2.24) is 20.1 Å². The first-order chi connectivity index (χ1) is 9.61. The second-order valence-electron chi connectivity index (χ2n) is 4.94. The zero-order valence-corrected chi connectivity index (χ0v) is 12.1. The van der Waals surface area contributed by atoms with Crippen molar-refractivity contribution in [3.05, 3.63) is 22.9 Å². The van der Waals surface area contributed by atoms with Crippen LogP contribution in [0.5, 0.6) is 0 Å². The molecule has 3 rings (SSSR count). The molecular weight excluding hydrogens is 280 g/mol. The Morgan fingerprint density at radius 1 is 1.35 bits per heavy atom. The first-order valence-corrected chi connectivity index (χ1v) is 6.78. The van der Waals surface area contributed by atoms with Crippen molar-refractivity contribution in [3.8, 4) is 0 Å². The number of nitrogens with one attached hydrogen (secondary N) is 1. The van der Waals surface area contributed by atoms with E-state index in [0.717, 1.165) is 18.7 Å². The third-order valence-corrected chi connectivity index (χ3v) is 3.13. The minimum Gasteiger partial charge on any atom is -0.361 e. The van der Waals surface area contributed by atoms with Gasteiger partial charge in [0.1, 0.15) is 16.8 Å². The molecule has 0 saturated heterocycles. The van der Waals surface area contributed by atoms with Gasteiger partial charge in [-0.1, -0.05) is 11.6 Å². The third-order valence-electron chi connectivity index (χ3n) is 2.93. The van der Waals surface area contributed by atoms with E-state index < -0.39 is 0 Å². The van der Waals surface area contributed by atoms with Crippen molar-refractivity contribution in [2.75, 3.05) is 24.3 Å². The summed E-state index contributed by atoms with van der Waals surface area (Å²) in [5, 5.41) is 7.42. The Morgan fingerprint density at radius 2 is 2.15 bits per heavy atom. The Labute approximate surface area is 121 Å². The number of halogens is 1. The third kappa shape index (κ3) is 2.98. The molecule has 1 aliphatic rings. The summed E-state index contributed by atoms with van der Waals surface area (Å²) in [5.41, 5.74) is 0. The van der Waals surface area contributed by atoms with Crippen LogP contribution in [0.1, 0.15) is 30.5 Å². The van der Waals surface area contributed by atoms with Crippen LogP contribution in [0.4, 0.5) is 11.8 Å². The summed E-state index contributed by atoms with van der Waals surface area (Å²) >= 11 is 6.00. The average Bonchev–Trinajstić information content (AvgIpc) is 3.14. The summed E-state index contributed by atoms with van der Waals surface area (Å²) in [6.07, 6.45) is 2.27. The minimum atomic E-state index is 0.401. The van der Waals surface area contributed by atoms with E-state index >= 15 is 0 Å². The summed E-state index contributed by atoms with van der Waals surface area (Å²) in [6.45, 7) is 0.401. The number of anilines is 2. The highest BCUT2D eigenvalue weighted by Crippen LogP contribution is 2.38. The summed E-state index contributed by atoms with van der Waals surface area (Å²) < 4.78 is 5.13. The Hall–Kier alpha value is -1.89. The van der Waals surface area contributed by atoms with E-state index in [1.165, 1.54) is 0 Å². The van der Waals surface area contributed by atoms with E-state index in [2.05, 4.69) is 25.4 Å². The van der Waals surface area contributed by atoms with Crippen LogP contribution in [-0.2, 0) is 6.54 Å². The largest absolute Gasteiger partial charge is 0.361 e. The Balaban J connectivity index is 1.68. The molecule has 0 aromatic carbocycles. The van der Waals surface area contributed by atoms with Gasteiger partial charge in [0.25, 0.3) is 5.95 Å².